The summed E-state index contributed by atoms with van der Waals surface area (Å²) in [4.78, 5) is 26.8. The van der Waals surface area contributed by atoms with Gasteiger partial charge in [0.1, 0.15) is 11.4 Å². The quantitative estimate of drug-likeness (QED) is 0.904. The summed E-state index contributed by atoms with van der Waals surface area (Å²) in [5.41, 5.74) is -0.254. The van der Waals surface area contributed by atoms with Crippen LogP contribution in [-0.4, -0.2) is 35.3 Å². The third-order valence-corrected chi connectivity index (χ3v) is 5.53. The van der Waals surface area contributed by atoms with Crippen molar-refractivity contribution in [1.29, 1.82) is 5.26 Å². The Bertz CT molecular complexity index is 697. The summed E-state index contributed by atoms with van der Waals surface area (Å²) in [5.74, 6) is -0.738. The van der Waals surface area contributed by atoms with Crippen molar-refractivity contribution in [2.45, 2.75) is 50.5 Å². The van der Waals surface area contributed by atoms with Gasteiger partial charge in [0.2, 0.25) is 5.91 Å². The first-order chi connectivity index (χ1) is 12.5. The third-order valence-electron chi connectivity index (χ3n) is 5.53. The van der Waals surface area contributed by atoms with E-state index in [2.05, 4.69) is 11.4 Å². The van der Waals surface area contributed by atoms with Crippen molar-refractivity contribution < 1.29 is 14.0 Å². The Balaban J connectivity index is 1.54. The molecule has 2 amide bonds. The van der Waals surface area contributed by atoms with Crippen molar-refractivity contribution in [2.24, 2.45) is 5.92 Å². The Morgan fingerprint density at radius 2 is 1.73 bits per heavy atom. The van der Waals surface area contributed by atoms with Gasteiger partial charge in [-0.2, -0.15) is 5.26 Å². The summed E-state index contributed by atoms with van der Waals surface area (Å²) in [5, 5.41) is 12.5. The van der Waals surface area contributed by atoms with Crippen LogP contribution in [0.5, 0.6) is 0 Å². The van der Waals surface area contributed by atoms with Crippen LogP contribution in [-0.2, 0) is 4.79 Å². The van der Waals surface area contributed by atoms with Gasteiger partial charge in [0, 0.05) is 24.6 Å². The number of nitriles is 1. The number of likely N-dealkylation sites (tertiary alicyclic amines) is 1. The van der Waals surface area contributed by atoms with Crippen LogP contribution in [0.4, 0.5) is 4.39 Å². The van der Waals surface area contributed by atoms with E-state index in [0.717, 1.165) is 32.1 Å². The predicted molar refractivity (Wildman–Crippen MR) is 94.6 cm³/mol. The SMILES string of the molecule is N#CC1(NC(=O)C2CCN(C(=O)c3ccc(F)cc3)CC2)CCCCC1. The molecule has 5 nitrogen and oxygen atoms in total. The number of hydrogen-bond donors (Lipinski definition) is 1. The highest BCUT2D eigenvalue weighted by Crippen LogP contribution is 2.29. The van der Waals surface area contributed by atoms with E-state index in [1.54, 1.807) is 4.90 Å². The van der Waals surface area contributed by atoms with Crippen LogP contribution in [0.25, 0.3) is 0 Å². The van der Waals surface area contributed by atoms with E-state index in [-0.39, 0.29) is 23.5 Å². The second-order valence-corrected chi connectivity index (χ2v) is 7.32. The molecule has 1 aromatic rings. The second kappa shape index (κ2) is 7.86. The maximum Gasteiger partial charge on any atom is 0.253 e. The lowest BCUT2D eigenvalue weighted by atomic mass is 9.82. The number of amides is 2. The van der Waals surface area contributed by atoms with Gasteiger partial charge in [-0.1, -0.05) is 19.3 Å². The number of carbonyl (C=O) groups is 2. The van der Waals surface area contributed by atoms with E-state index in [1.165, 1.54) is 24.3 Å². The Morgan fingerprint density at radius 1 is 1.12 bits per heavy atom. The Hall–Kier alpha value is -2.42. The minimum Gasteiger partial charge on any atom is -0.339 e. The molecule has 1 N–H and O–H groups in total. The molecule has 0 spiro atoms. The molecule has 0 radical (unpaired) electrons. The van der Waals surface area contributed by atoms with Crippen LogP contribution in [0.1, 0.15) is 55.3 Å². The summed E-state index contributed by atoms with van der Waals surface area (Å²) >= 11 is 0. The van der Waals surface area contributed by atoms with Gasteiger partial charge in [-0.05, 0) is 49.9 Å². The molecule has 1 saturated heterocycles. The van der Waals surface area contributed by atoms with Crippen molar-refractivity contribution >= 4 is 11.8 Å². The molecule has 1 aliphatic carbocycles. The third kappa shape index (κ3) is 4.04. The largest absolute Gasteiger partial charge is 0.339 e. The van der Waals surface area contributed by atoms with Crippen molar-refractivity contribution in [1.82, 2.24) is 10.2 Å². The Morgan fingerprint density at radius 3 is 2.31 bits per heavy atom. The zero-order valence-corrected chi connectivity index (χ0v) is 14.8. The molecule has 1 saturated carbocycles. The molecule has 0 bridgehead atoms. The lowest BCUT2D eigenvalue weighted by molar-refractivity contribution is -0.128. The van der Waals surface area contributed by atoms with Crippen molar-refractivity contribution in [3.63, 3.8) is 0 Å². The molecule has 2 fully saturated rings. The predicted octanol–water partition coefficient (Wildman–Crippen LogP) is 3.02. The van der Waals surface area contributed by atoms with Crippen LogP contribution in [0.2, 0.25) is 0 Å². The van der Waals surface area contributed by atoms with Crippen molar-refractivity contribution in [2.75, 3.05) is 13.1 Å². The maximum atomic E-state index is 13.0. The van der Waals surface area contributed by atoms with Gasteiger partial charge in [0.15, 0.2) is 0 Å². The molecule has 3 rings (SSSR count). The van der Waals surface area contributed by atoms with Crippen LogP contribution >= 0.6 is 0 Å². The highest BCUT2D eigenvalue weighted by Gasteiger charge is 2.36. The van der Waals surface area contributed by atoms with Gasteiger partial charge < -0.3 is 10.2 Å². The zero-order chi connectivity index (χ0) is 18.6. The van der Waals surface area contributed by atoms with E-state index in [9.17, 15) is 19.2 Å². The fourth-order valence-electron chi connectivity index (χ4n) is 3.88. The molecule has 138 valence electrons. The number of nitrogens with one attached hydrogen (secondary N) is 1. The number of piperidine rings is 1. The van der Waals surface area contributed by atoms with E-state index in [4.69, 9.17) is 0 Å². The van der Waals surface area contributed by atoms with Gasteiger partial charge in [0.05, 0.1) is 6.07 Å². The number of rotatable bonds is 3. The van der Waals surface area contributed by atoms with E-state index < -0.39 is 5.54 Å². The van der Waals surface area contributed by atoms with Gasteiger partial charge in [0.25, 0.3) is 5.91 Å². The molecule has 1 aliphatic heterocycles. The average molecular weight is 357 g/mol. The van der Waals surface area contributed by atoms with Crippen LogP contribution < -0.4 is 5.32 Å². The molecule has 26 heavy (non-hydrogen) atoms. The molecule has 2 aliphatic rings. The normalized spacial score (nSPS) is 20.2. The molecule has 1 aromatic carbocycles. The molecule has 1 heterocycles. The lowest BCUT2D eigenvalue weighted by Crippen LogP contribution is -2.52. The Labute approximate surface area is 153 Å². The first kappa shape index (κ1) is 18.4. The van der Waals surface area contributed by atoms with Crippen molar-refractivity contribution in [3.05, 3.63) is 35.6 Å². The minimum absolute atomic E-state index is 0.0673. The Kier molecular flexibility index (Phi) is 5.55. The summed E-state index contributed by atoms with van der Waals surface area (Å²) in [7, 11) is 0. The van der Waals surface area contributed by atoms with Gasteiger partial charge in [-0.15, -0.1) is 0 Å². The first-order valence-electron chi connectivity index (χ1n) is 9.31. The number of carbonyl (C=O) groups excluding carboxylic acids is 2. The summed E-state index contributed by atoms with van der Waals surface area (Å²) < 4.78 is 13.0. The van der Waals surface area contributed by atoms with E-state index in [1.807, 2.05) is 0 Å². The van der Waals surface area contributed by atoms with Crippen molar-refractivity contribution in [3.8, 4) is 6.07 Å². The monoisotopic (exact) mass is 357 g/mol. The molecular formula is C20H24FN3O2. The number of hydrogen-bond acceptors (Lipinski definition) is 3. The fourth-order valence-corrected chi connectivity index (χ4v) is 3.88. The summed E-state index contributed by atoms with van der Waals surface area (Å²) in [6.07, 6.45) is 5.66. The topological polar surface area (TPSA) is 73.2 Å². The van der Waals surface area contributed by atoms with Gasteiger partial charge >= 0.3 is 0 Å². The molecule has 6 heteroatoms. The maximum absolute atomic E-state index is 13.0. The first-order valence-corrected chi connectivity index (χ1v) is 9.31. The molecular weight excluding hydrogens is 333 g/mol. The number of nitrogens with zero attached hydrogens (tertiary/aromatic N) is 2. The lowest BCUT2D eigenvalue weighted by Gasteiger charge is -2.35. The minimum atomic E-state index is -0.712. The van der Waals surface area contributed by atoms with Gasteiger partial charge in [-0.3, -0.25) is 9.59 Å². The fraction of sp³-hybridized carbons (Fsp3) is 0.550. The second-order valence-electron chi connectivity index (χ2n) is 7.32. The summed E-state index contributed by atoms with van der Waals surface area (Å²) in [6.45, 7) is 0.988. The summed E-state index contributed by atoms with van der Waals surface area (Å²) in [6, 6.07) is 7.83. The standard InChI is InChI=1S/C20H24FN3O2/c21-17-6-4-16(5-7-17)19(26)24-12-8-15(9-13-24)18(25)23-20(14-22)10-2-1-3-11-20/h4-7,15H,1-3,8-13H2,(H,23,25). The van der Waals surface area contributed by atoms with E-state index in [0.29, 0.717) is 31.5 Å². The van der Waals surface area contributed by atoms with E-state index >= 15 is 0 Å². The van der Waals surface area contributed by atoms with Gasteiger partial charge in [-0.25, -0.2) is 4.39 Å². The average Bonchev–Trinajstić information content (AvgIpc) is 2.69. The molecule has 0 atom stereocenters. The van der Waals surface area contributed by atoms with Crippen LogP contribution in [0, 0.1) is 23.1 Å². The van der Waals surface area contributed by atoms with Crippen LogP contribution in [0.3, 0.4) is 0 Å². The smallest absolute Gasteiger partial charge is 0.253 e. The zero-order valence-electron chi connectivity index (χ0n) is 14.8. The molecule has 0 unspecified atom stereocenters. The number of halogens is 1. The highest BCUT2D eigenvalue weighted by molar-refractivity contribution is 5.94. The van der Waals surface area contributed by atoms with Crippen LogP contribution in [0.15, 0.2) is 24.3 Å². The highest BCUT2D eigenvalue weighted by atomic mass is 19.1. The number of benzene rings is 1. The molecule has 0 aromatic heterocycles.